The van der Waals surface area contributed by atoms with Gasteiger partial charge < -0.3 is 25.2 Å². The molecule has 0 saturated heterocycles. The summed E-state index contributed by atoms with van der Waals surface area (Å²) in [5.74, 6) is -0.394. The monoisotopic (exact) mass is 362 g/mol. The lowest BCUT2D eigenvalue weighted by Gasteiger charge is -2.23. The van der Waals surface area contributed by atoms with Crippen LogP contribution in [0.4, 0.5) is 0 Å². The second-order valence-electron chi connectivity index (χ2n) is 5.70. The minimum Gasteiger partial charge on any atom is -0.466 e. The smallest absolute Gasteiger partial charge is 0.329 e. The first-order chi connectivity index (χ1) is 12.0. The van der Waals surface area contributed by atoms with Crippen molar-refractivity contribution in [2.24, 2.45) is 5.41 Å². The molecular weight excluding hydrogens is 324 g/mol. The van der Waals surface area contributed by atoms with E-state index >= 15 is 0 Å². The number of esters is 1. The van der Waals surface area contributed by atoms with Gasteiger partial charge in [0.1, 0.15) is 0 Å². The number of ether oxygens (including phenoxy) is 1. The molecule has 0 aromatic carbocycles. The molecule has 0 fully saturated rings. The Morgan fingerprint density at radius 2 is 1.36 bits per heavy atom. The Balaban J connectivity index is -0.000000300. The van der Waals surface area contributed by atoms with Crippen molar-refractivity contribution in [2.75, 3.05) is 33.5 Å². The van der Waals surface area contributed by atoms with E-state index in [1.54, 1.807) is 0 Å². The van der Waals surface area contributed by atoms with Crippen LogP contribution < -0.4 is 0 Å². The van der Waals surface area contributed by atoms with Gasteiger partial charge in [-0.3, -0.25) is 0 Å². The third-order valence-electron chi connectivity index (χ3n) is 3.47. The molecule has 0 amide bonds. The van der Waals surface area contributed by atoms with E-state index in [9.17, 15) is 4.79 Å². The molecule has 0 rings (SSSR count). The summed E-state index contributed by atoms with van der Waals surface area (Å²) in [6.07, 6.45) is 12.7. The third-order valence-corrected chi connectivity index (χ3v) is 3.47. The van der Waals surface area contributed by atoms with E-state index in [0.29, 0.717) is 0 Å². The number of hydrogen-bond donors (Lipinski definition) is 4. The molecule has 0 spiro atoms. The average molecular weight is 363 g/mol. The lowest BCUT2D eigenvalue weighted by Crippen LogP contribution is -2.37. The Kier molecular flexibility index (Phi) is 26.1. The highest BCUT2D eigenvalue weighted by Gasteiger charge is 2.26. The number of methoxy groups -OCH3 is 1. The molecule has 6 heteroatoms. The van der Waals surface area contributed by atoms with E-state index in [1.165, 1.54) is 52.1 Å². The Bertz CT molecular complexity index is 283. The van der Waals surface area contributed by atoms with Gasteiger partial charge in [-0.25, -0.2) is 4.79 Å². The molecule has 0 heterocycles. The van der Waals surface area contributed by atoms with E-state index in [0.717, 1.165) is 6.08 Å². The van der Waals surface area contributed by atoms with Crippen LogP contribution in [0.3, 0.4) is 0 Å². The second-order valence-corrected chi connectivity index (χ2v) is 5.70. The molecule has 0 aromatic rings. The summed E-state index contributed by atoms with van der Waals surface area (Å²) in [6, 6.07) is 0. The normalized spacial score (nSPS) is 9.84. The molecular formula is C19H38O6. The van der Waals surface area contributed by atoms with Crippen molar-refractivity contribution in [3.8, 4) is 0 Å². The van der Waals surface area contributed by atoms with E-state index in [-0.39, 0.29) is 0 Å². The number of rotatable bonds is 12. The van der Waals surface area contributed by atoms with Crippen LogP contribution in [0.15, 0.2) is 25.3 Å². The molecule has 4 N–H and O–H groups in total. The molecule has 0 aliphatic rings. The van der Waals surface area contributed by atoms with Crippen LogP contribution >= 0.6 is 0 Å². The number of aliphatic hydroxyl groups excluding tert-OH is 4. The first-order valence-corrected chi connectivity index (χ1v) is 8.72. The standard InChI is InChI=1S/C10H20.C5H12O4.C4H6O2/c1-3-5-7-9-10-8-6-4-2;6-1-5(2-7,3-8)4-9;1-3-4(5)6-2/h3H,1,4-10H2,2H3;6-9H,1-4H2;3H,1H2,2H3. The van der Waals surface area contributed by atoms with Gasteiger partial charge in [0.2, 0.25) is 0 Å². The van der Waals surface area contributed by atoms with Gasteiger partial charge in [0.05, 0.1) is 39.0 Å². The fourth-order valence-corrected chi connectivity index (χ4v) is 1.45. The number of hydrogen-bond acceptors (Lipinski definition) is 6. The molecule has 0 saturated carbocycles. The van der Waals surface area contributed by atoms with E-state index in [4.69, 9.17) is 20.4 Å². The summed E-state index contributed by atoms with van der Waals surface area (Å²) in [4.78, 5) is 9.84. The molecule has 25 heavy (non-hydrogen) atoms. The zero-order valence-corrected chi connectivity index (χ0v) is 16.0. The highest BCUT2D eigenvalue weighted by Crippen LogP contribution is 2.11. The zero-order valence-electron chi connectivity index (χ0n) is 16.0. The van der Waals surface area contributed by atoms with Crippen molar-refractivity contribution in [2.45, 2.75) is 51.9 Å². The van der Waals surface area contributed by atoms with Crippen molar-refractivity contribution in [1.82, 2.24) is 0 Å². The maximum Gasteiger partial charge on any atom is 0.329 e. The van der Waals surface area contributed by atoms with Gasteiger partial charge in [-0.1, -0.05) is 51.7 Å². The van der Waals surface area contributed by atoms with Crippen LogP contribution in [0, 0.1) is 5.41 Å². The fourth-order valence-electron chi connectivity index (χ4n) is 1.45. The highest BCUT2D eigenvalue weighted by atomic mass is 16.5. The largest absolute Gasteiger partial charge is 0.466 e. The number of allylic oxidation sites excluding steroid dienone is 1. The predicted molar refractivity (Wildman–Crippen MR) is 101 cm³/mol. The molecule has 0 bridgehead atoms. The predicted octanol–water partition coefficient (Wildman–Crippen LogP) is 2.21. The van der Waals surface area contributed by atoms with Gasteiger partial charge in [0.25, 0.3) is 0 Å². The van der Waals surface area contributed by atoms with E-state index < -0.39 is 37.8 Å². The summed E-state index contributed by atoms with van der Waals surface area (Å²) < 4.78 is 4.14. The van der Waals surface area contributed by atoms with Crippen molar-refractivity contribution in [1.29, 1.82) is 0 Å². The molecule has 0 aliphatic carbocycles. The summed E-state index contributed by atoms with van der Waals surface area (Å²) in [5.41, 5.74) is -1.11. The molecule has 0 aromatic heterocycles. The van der Waals surface area contributed by atoms with Crippen LogP contribution in [-0.2, 0) is 9.53 Å². The van der Waals surface area contributed by atoms with Crippen LogP contribution in [0.2, 0.25) is 0 Å². The summed E-state index contributed by atoms with van der Waals surface area (Å²) in [7, 11) is 1.31. The minimum absolute atomic E-state index is 0.394. The molecule has 0 unspecified atom stereocenters. The second kappa shape index (κ2) is 22.8. The van der Waals surface area contributed by atoms with Gasteiger partial charge in [-0.2, -0.15) is 0 Å². The van der Waals surface area contributed by atoms with Gasteiger partial charge in [0.15, 0.2) is 0 Å². The number of unbranched alkanes of at least 4 members (excludes halogenated alkanes) is 6. The Morgan fingerprint density at radius 1 is 0.920 bits per heavy atom. The summed E-state index contributed by atoms with van der Waals surface area (Å²) >= 11 is 0. The molecule has 0 atom stereocenters. The van der Waals surface area contributed by atoms with Gasteiger partial charge in [-0.15, -0.1) is 6.58 Å². The third kappa shape index (κ3) is 20.7. The average Bonchev–Trinajstić information content (AvgIpc) is 2.67. The lowest BCUT2D eigenvalue weighted by molar-refractivity contribution is -0.134. The number of carbonyl (C=O) groups excluding carboxylic acids is 1. The van der Waals surface area contributed by atoms with Gasteiger partial charge in [-0.05, 0) is 12.8 Å². The van der Waals surface area contributed by atoms with Crippen molar-refractivity contribution in [3.63, 3.8) is 0 Å². The van der Waals surface area contributed by atoms with Crippen molar-refractivity contribution >= 4 is 5.97 Å². The topological polar surface area (TPSA) is 107 Å². The van der Waals surface area contributed by atoms with E-state index in [1.807, 2.05) is 6.08 Å². The highest BCUT2D eigenvalue weighted by molar-refractivity contribution is 5.80. The van der Waals surface area contributed by atoms with Crippen LogP contribution in [-0.4, -0.2) is 59.9 Å². The quantitative estimate of drug-likeness (QED) is 0.183. The minimum atomic E-state index is -1.11. The van der Waals surface area contributed by atoms with Crippen LogP contribution in [0.1, 0.15) is 51.9 Å². The SMILES string of the molecule is C=CC(=O)OC.C=CCCCCCCCC.OCC(CO)(CO)CO. The molecule has 0 radical (unpaired) electrons. The van der Waals surface area contributed by atoms with Gasteiger partial charge in [0, 0.05) is 6.08 Å². The Labute approximate surface area is 152 Å². The number of carbonyl (C=O) groups is 1. The summed E-state index contributed by atoms with van der Waals surface area (Å²) in [5, 5.41) is 34.0. The Morgan fingerprint density at radius 3 is 1.60 bits per heavy atom. The van der Waals surface area contributed by atoms with Gasteiger partial charge >= 0.3 is 5.97 Å². The maximum atomic E-state index is 9.84. The first-order valence-electron chi connectivity index (χ1n) is 8.72. The lowest BCUT2D eigenvalue weighted by atomic mass is 9.93. The van der Waals surface area contributed by atoms with E-state index in [2.05, 4.69) is 24.8 Å². The Hall–Kier alpha value is -1.21. The van der Waals surface area contributed by atoms with Crippen molar-refractivity contribution < 1.29 is 30.0 Å². The fraction of sp³-hybridized carbons (Fsp3) is 0.737. The summed E-state index contributed by atoms with van der Waals surface area (Å²) in [6.45, 7) is 7.48. The maximum absolute atomic E-state index is 9.84. The number of aliphatic hydroxyl groups is 4. The molecule has 0 aliphatic heterocycles. The molecule has 150 valence electrons. The van der Waals surface area contributed by atoms with Crippen LogP contribution in [0.5, 0.6) is 0 Å². The van der Waals surface area contributed by atoms with Crippen molar-refractivity contribution in [3.05, 3.63) is 25.3 Å². The first kappa shape index (κ1) is 28.6. The zero-order chi connectivity index (χ0) is 20.0. The molecule has 6 nitrogen and oxygen atoms in total. The van der Waals surface area contributed by atoms with Crippen LogP contribution in [0.25, 0.3) is 0 Å².